The first-order valence-electron chi connectivity index (χ1n) is 8.62. The monoisotopic (exact) mass is 408 g/mol. The van der Waals surface area contributed by atoms with Gasteiger partial charge in [-0.05, 0) is 49.4 Å². The number of aromatic nitrogens is 3. The van der Waals surface area contributed by atoms with E-state index in [-0.39, 0.29) is 16.1 Å². The number of hydrogen-bond acceptors (Lipinski definition) is 5. The number of anilines is 1. The summed E-state index contributed by atoms with van der Waals surface area (Å²) in [6.07, 6.45) is 1.42. The van der Waals surface area contributed by atoms with E-state index in [9.17, 15) is 13.2 Å². The van der Waals surface area contributed by atoms with Crippen molar-refractivity contribution in [1.82, 2.24) is 14.8 Å². The van der Waals surface area contributed by atoms with Gasteiger partial charge in [-0.1, -0.05) is 18.2 Å². The molecule has 0 saturated carbocycles. The summed E-state index contributed by atoms with van der Waals surface area (Å²) in [5.74, 6) is -1.12. The number of nitrogens with one attached hydrogen (secondary N) is 1. The molecule has 0 aliphatic rings. The second-order valence-electron chi connectivity index (χ2n) is 6.36. The molecule has 0 fully saturated rings. The molecular weight excluding hydrogens is 392 g/mol. The van der Waals surface area contributed by atoms with E-state index >= 15 is 0 Å². The Morgan fingerprint density at radius 2 is 1.76 bits per heavy atom. The summed E-state index contributed by atoms with van der Waals surface area (Å²) < 4.78 is 29.4. The molecule has 4 aromatic rings. The van der Waals surface area contributed by atoms with E-state index in [2.05, 4.69) is 14.8 Å². The number of carbonyl (C=O) groups is 1. The normalized spacial score (nSPS) is 11.5. The predicted octanol–water partition coefficient (Wildman–Crippen LogP) is 3.23. The SMILES string of the molecule is Cc1nn(-c2ccccc2)c2ncc(NS(=O)(=O)c3ccc(C(=O)O)cc3)cc12. The lowest BCUT2D eigenvalue weighted by atomic mass is 10.2. The summed E-state index contributed by atoms with van der Waals surface area (Å²) in [6, 6.07) is 16.2. The fourth-order valence-corrected chi connectivity index (χ4v) is 3.97. The summed E-state index contributed by atoms with van der Waals surface area (Å²) in [4.78, 5) is 15.3. The van der Waals surface area contributed by atoms with Gasteiger partial charge in [0.25, 0.3) is 10.0 Å². The van der Waals surface area contributed by atoms with E-state index in [0.717, 1.165) is 11.1 Å². The molecule has 0 amide bonds. The highest BCUT2D eigenvalue weighted by Gasteiger charge is 2.17. The van der Waals surface area contributed by atoms with Crippen LogP contribution in [-0.4, -0.2) is 34.3 Å². The van der Waals surface area contributed by atoms with Crippen LogP contribution in [0.15, 0.2) is 71.8 Å². The van der Waals surface area contributed by atoms with Crippen LogP contribution in [0.3, 0.4) is 0 Å². The quantitative estimate of drug-likeness (QED) is 0.524. The molecule has 2 N–H and O–H groups in total. The molecule has 0 spiro atoms. The minimum absolute atomic E-state index is 0.0102. The first kappa shape index (κ1) is 18.6. The number of carboxylic acid groups (broad SMARTS) is 1. The summed E-state index contributed by atoms with van der Waals surface area (Å²) in [5, 5.41) is 14.2. The Balaban J connectivity index is 1.68. The largest absolute Gasteiger partial charge is 0.478 e. The molecule has 2 aromatic carbocycles. The third-order valence-corrected chi connectivity index (χ3v) is 5.77. The van der Waals surface area contributed by atoms with Crippen LogP contribution in [0.2, 0.25) is 0 Å². The number of aryl methyl sites for hydroxylation is 1. The van der Waals surface area contributed by atoms with Gasteiger partial charge in [0, 0.05) is 5.39 Å². The van der Waals surface area contributed by atoms with Crippen molar-refractivity contribution < 1.29 is 18.3 Å². The van der Waals surface area contributed by atoms with Gasteiger partial charge in [-0.25, -0.2) is 22.9 Å². The van der Waals surface area contributed by atoms with Gasteiger partial charge in [0.2, 0.25) is 0 Å². The molecule has 0 aliphatic carbocycles. The molecule has 2 heterocycles. The second-order valence-corrected chi connectivity index (χ2v) is 8.05. The average molecular weight is 408 g/mol. The summed E-state index contributed by atoms with van der Waals surface area (Å²) >= 11 is 0. The Bertz CT molecular complexity index is 1310. The van der Waals surface area contributed by atoms with Crippen LogP contribution in [0.5, 0.6) is 0 Å². The molecule has 0 bridgehead atoms. The molecule has 0 atom stereocenters. The standard InChI is InChI=1S/C20H16N4O4S/c1-13-18-11-15(12-21-19(18)24(22-13)16-5-3-2-4-6-16)23-29(27,28)17-9-7-14(8-10-17)20(25)26/h2-12,23H,1H3,(H,25,26). The molecule has 9 heteroatoms. The lowest BCUT2D eigenvalue weighted by Crippen LogP contribution is -2.13. The molecule has 8 nitrogen and oxygen atoms in total. The second kappa shape index (κ2) is 7.02. The molecule has 146 valence electrons. The maximum Gasteiger partial charge on any atom is 0.335 e. The fraction of sp³-hybridized carbons (Fsp3) is 0.0500. The lowest BCUT2D eigenvalue weighted by molar-refractivity contribution is 0.0696. The molecule has 4 rings (SSSR count). The number of hydrogen-bond donors (Lipinski definition) is 2. The number of sulfonamides is 1. The van der Waals surface area contributed by atoms with Crippen molar-refractivity contribution in [2.24, 2.45) is 0 Å². The van der Waals surface area contributed by atoms with Crippen LogP contribution < -0.4 is 4.72 Å². The topological polar surface area (TPSA) is 114 Å². The molecular formula is C20H16N4O4S. The average Bonchev–Trinajstić information content (AvgIpc) is 3.04. The first-order valence-corrected chi connectivity index (χ1v) is 10.1. The van der Waals surface area contributed by atoms with E-state index in [4.69, 9.17) is 5.11 Å². The van der Waals surface area contributed by atoms with E-state index < -0.39 is 16.0 Å². The first-order chi connectivity index (χ1) is 13.8. The van der Waals surface area contributed by atoms with Crippen LogP contribution >= 0.6 is 0 Å². The zero-order chi connectivity index (χ0) is 20.6. The van der Waals surface area contributed by atoms with Crippen molar-refractivity contribution in [2.45, 2.75) is 11.8 Å². The van der Waals surface area contributed by atoms with Gasteiger partial charge < -0.3 is 5.11 Å². The fourth-order valence-electron chi connectivity index (χ4n) is 2.94. The van der Waals surface area contributed by atoms with Crippen molar-refractivity contribution in [3.05, 3.63) is 78.1 Å². The molecule has 0 unspecified atom stereocenters. The Morgan fingerprint density at radius 1 is 1.07 bits per heavy atom. The van der Waals surface area contributed by atoms with Gasteiger partial charge in [-0.2, -0.15) is 5.10 Å². The van der Waals surface area contributed by atoms with Gasteiger partial charge >= 0.3 is 5.97 Å². The van der Waals surface area contributed by atoms with Crippen LogP contribution in [0, 0.1) is 6.92 Å². The van der Waals surface area contributed by atoms with Crippen molar-refractivity contribution in [3.8, 4) is 5.69 Å². The number of aromatic carboxylic acids is 1. The number of pyridine rings is 1. The van der Waals surface area contributed by atoms with Crippen molar-refractivity contribution >= 4 is 32.7 Å². The smallest absolute Gasteiger partial charge is 0.335 e. The summed E-state index contributed by atoms with van der Waals surface area (Å²) in [6.45, 7) is 1.83. The minimum Gasteiger partial charge on any atom is -0.478 e. The maximum atomic E-state index is 12.6. The van der Waals surface area contributed by atoms with Crippen LogP contribution in [0.25, 0.3) is 16.7 Å². The molecule has 0 saturated heterocycles. The third-order valence-electron chi connectivity index (χ3n) is 4.37. The molecule has 2 aromatic heterocycles. The number of nitrogens with zero attached hydrogens (tertiary/aromatic N) is 3. The van der Waals surface area contributed by atoms with Crippen molar-refractivity contribution in [3.63, 3.8) is 0 Å². The third kappa shape index (κ3) is 3.55. The summed E-state index contributed by atoms with van der Waals surface area (Å²) in [7, 11) is -3.89. The van der Waals surface area contributed by atoms with E-state index in [0.29, 0.717) is 11.3 Å². The number of fused-ring (bicyclic) bond motifs is 1. The molecule has 0 aliphatic heterocycles. The van der Waals surface area contributed by atoms with Crippen LogP contribution in [0.4, 0.5) is 5.69 Å². The van der Waals surface area contributed by atoms with Gasteiger partial charge in [0.05, 0.1) is 33.7 Å². The zero-order valence-electron chi connectivity index (χ0n) is 15.3. The number of benzene rings is 2. The van der Waals surface area contributed by atoms with Crippen LogP contribution in [-0.2, 0) is 10.0 Å². The highest BCUT2D eigenvalue weighted by Crippen LogP contribution is 2.24. The summed E-state index contributed by atoms with van der Waals surface area (Å²) in [5.41, 5.74) is 2.47. The number of rotatable bonds is 5. The van der Waals surface area contributed by atoms with Gasteiger partial charge in [-0.15, -0.1) is 0 Å². The lowest BCUT2D eigenvalue weighted by Gasteiger charge is -2.08. The molecule has 29 heavy (non-hydrogen) atoms. The van der Waals surface area contributed by atoms with Gasteiger partial charge in [0.15, 0.2) is 5.65 Å². The highest BCUT2D eigenvalue weighted by molar-refractivity contribution is 7.92. The molecule has 0 radical (unpaired) electrons. The van der Waals surface area contributed by atoms with Crippen molar-refractivity contribution in [1.29, 1.82) is 0 Å². The minimum atomic E-state index is -3.89. The Kier molecular flexibility index (Phi) is 4.51. The Morgan fingerprint density at radius 3 is 2.41 bits per heavy atom. The maximum absolute atomic E-state index is 12.6. The Labute approximate surface area is 166 Å². The number of para-hydroxylation sites is 1. The van der Waals surface area contributed by atoms with Gasteiger partial charge in [0.1, 0.15) is 0 Å². The highest BCUT2D eigenvalue weighted by atomic mass is 32.2. The van der Waals surface area contributed by atoms with E-state index in [1.807, 2.05) is 37.3 Å². The number of carboxylic acids is 1. The van der Waals surface area contributed by atoms with Crippen LogP contribution in [0.1, 0.15) is 16.1 Å². The van der Waals surface area contributed by atoms with E-state index in [1.165, 1.54) is 30.5 Å². The predicted molar refractivity (Wildman–Crippen MR) is 108 cm³/mol. The zero-order valence-corrected chi connectivity index (χ0v) is 16.1. The van der Waals surface area contributed by atoms with Gasteiger partial charge in [-0.3, -0.25) is 4.72 Å². The van der Waals surface area contributed by atoms with E-state index in [1.54, 1.807) is 10.7 Å². The Hall–Kier alpha value is -3.72. The van der Waals surface area contributed by atoms with Crippen molar-refractivity contribution in [2.75, 3.05) is 4.72 Å².